The number of fused-ring (bicyclic) bond motifs is 2. The summed E-state index contributed by atoms with van der Waals surface area (Å²) in [6, 6.07) is 17.4. The molecular formula is C21H16N2O4. The van der Waals surface area contributed by atoms with E-state index in [9.17, 15) is 14.4 Å². The number of aromatic nitrogens is 1. The van der Waals surface area contributed by atoms with Crippen molar-refractivity contribution in [2.24, 2.45) is 0 Å². The Morgan fingerprint density at radius 1 is 1.04 bits per heavy atom. The highest BCUT2D eigenvalue weighted by molar-refractivity contribution is 5.96. The summed E-state index contributed by atoms with van der Waals surface area (Å²) < 4.78 is 5.25. The Balaban J connectivity index is 1.71. The van der Waals surface area contributed by atoms with Crippen LogP contribution in [0.4, 0.5) is 0 Å². The molecule has 0 aliphatic carbocycles. The van der Waals surface area contributed by atoms with Gasteiger partial charge < -0.3 is 14.3 Å². The lowest BCUT2D eigenvalue weighted by Gasteiger charge is -2.18. The molecule has 2 heterocycles. The predicted molar refractivity (Wildman–Crippen MR) is 103 cm³/mol. The van der Waals surface area contributed by atoms with Gasteiger partial charge in [-0.1, -0.05) is 36.4 Å². The van der Waals surface area contributed by atoms with Gasteiger partial charge in [0.15, 0.2) is 0 Å². The first-order valence-electron chi connectivity index (χ1n) is 8.42. The molecule has 0 aliphatic rings. The van der Waals surface area contributed by atoms with Crippen LogP contribution in [0.1, 0.15) is 15.9 Å². The molecule has 0 fully saturated rings. The smallest absolute Gasteiger partial charge is 0.349 e. The van der Waals surface area contributed by atoms with Crippen LogP contribution in [0.2, 0.25) is 0 Å². The van der Waals surface area contributed by atoms with E-state index in [1.807, 2.05) is 24.3 Å². The fourth-order valence-electron chi connectivity index (χ4n) is 3.15. The van der Waals surface area contributed by atoms with Crippen LogP contribution in [0.3, 0.4) is 0 Å². The van der Waals surface area contributed by atoms with Crippen LogP contribution in [0.15, 0.2) is 74.7 Å². The average Bonchev–Trinajstić information content (AvgIpc) is 2.66. The van der Waals surface area contributed by atoms with Gasteiger partial charge in [-0.15, -0.1) is 0 Å². The molecule has 1 N–H and O–H groups in total. The second-order valence-corrected chi connectivity index (χ2v) is 6.35. The minimum Gasteiger partial charge on any atom is -0.422 e. The van der Waals surface area contributed by atoms with Crippen LogP contribution in [0.25, 0.3) is 21.9 Å². The summed E-state index contributed by atoms with van der Waals surface area (Å²) in [5.41, 5.74) is 0.880. The van der Waals surface area contributed by atoms with E-state index in [0.29, 0.717) is 22.0 Å². The molecule has 1 amide bonds. The number of aromatic amines is 1. The summed E-state index contributed by atoms with van der Waals surface area (Å²) >= 11 is 0. The van der Waals surface area contributed by atoms with Gasteiger partial charge in [-0.05, 0) is 23.8 Å². The Bertz CT molecular complexity index is 1290. The molecule has 6 heteroatoms. The SMILES string of the molecule is CN(Cc1cc(=O)[nH]c2ccccc12)C(=O)c1cc2ccccc2oc1=O. The molecule has 0 unspecified atom stereocenters. The maximum Gasteiger partial charge on any atom is 0.349 e. The number of H-pyrrole nitrogens is 1. The predicted octanol–water partition coefficient (Wildman–Crippen LogP) is 2.91. The summed E-state index contributed by atoms with van der Waals surface area (Å²) in [7, 11) is 1.59. The lowest BCUT2D eigenvalue weighted by Crippen LogP contribution is -2.30. The number of nitrogens with zero attached hydrogens (tertiary/aromatic N) is 1. The molecule has 0 atom stereocenters. The molecule has 0 bridgehead atoms. The Kier molecular flexibility index (Phi) is 4.08. The van der Waals surface area contributed by atoms with Crippen molar-refractivity contribution in [1.29, 1.82) is 0 Å². The monoisotopic (exact) mass is 360 g/mol. The third-order valence-electron chi connectivity index (χ3n) is 4.46. The van der Waals surface area contributed by atoms with Gasteiger partial charge in [0.25, 0.3) is 5.91 Å². The maximum absolute atomic E-state index is 12.8. The molecule has 0 radical (unpaired) electrons. The summed E-state index contributed by atoms with van der Waals surface area (Å²) in [5, 5.41) is 1.53. The quantitative estimate of drug-likeness (QED) is 0.570. The van der Waals surface area contributed by atoms with Crippen molar-refractivity contribution in [3.8, 4) is 0 Å². The average molecular weight is 360 g/mol. The van der Waals surface area contributed by atoms with Gasteiger partial charge in [0, 0.05) is 35.9 Å². The Hall–Kier alpha value is -3.67. The van der Waals surface area contributed by atoms with E-state index in [-0.39, 0.29) is 17.7 Å². The highest BCUT2D eigenvalue weighted by Crippen LogP contribution is 2.18. The molecule has 0 saturated carbocycles. The number of carbonyl (C=O) groups excluding carboxylic acids is 1. The molecule has 134 valence electrons. The molecule has 0 spiro atoms. The van der Waals surface area contributed by atoms with Crippen molar-refractivity contribution < 1.29 is 9.21 Å². The van der Waals surface area contributed by atoms with E-state index in [1.165, 1.54) is 17.0 Å². The number of benzene rings is 2. The van der Waals surface area contributed by atoms with E-state index < -0.39 is 11.5 Å². The van der Waals surface area contributed by atoms with E-state index >= 15 is 0 Å². The van der Waals surface area contributed by atoms with Gasteiger partial charge in [-0.2, -0.15) is 0 Å². The van der Waals surface area contributed by atoms with Gasteiger partial charge in [0.1, 0.15) is 11.1 Å². The number of para-hydroxylation sites is 2. The van der Waals surface area contributed by atoms with Crippen LogP contribution in [-0.2, 0) is 6.54 Å². The highest BCUT2D eigenvalue weighted by Gasteiger charge is 2.19. The van der Waals surface area contributed by atoms with E-state index in [1.54, 1.807) is 31.3 Å². The maximum atomic E-state index is 12.8. The summed E-state index contributed by atoms with van der Waals surface area (Å²) in [6.45, 7) is 0.190. The summed E-state index contributed by atoms with van der Waals surface area (Å²) in [6.07, 6.45) is 0. The molecule has 0 aliphatic heterocycles. The molecule has 0 saturated heterocycles. The lowest BCUT2D eigenvalue weighted by atomic mass is 10.1. The second kappa shape index (κ2) is 6.57. The topological polar surface area (TPSA) is 83.4 Å². The van der Waals surface area contributed by atoms with Crippen LogP contribution >= 0.6 is 0 Å². The van der Waals surface area contributed by atoms with Gasteiger partial charge in [0.05, 0.1) is 0 Å². The largest absolute Gasteiger partial charge is 0.422 e. The van der Waals surface area contributed by atoms with Crippen molar-refractivity contribution in [3.63, 3.8) is 0 Å². The van der Waals surface area contributed by atoms with E-state index in [0.717, 1.165) is 5.39 Å². The van der Waals surface area contributed by atoms with E-state index in [2.05, 4.69) is 4.98 Å². The second-order valence-electron chi connectivity index (χ2n) is 6.35. The number of nitrogens with one attached hydrogen (secondary N) is 1. The first kappa shape index (κ1) is 16.8. The zero-order valence-electron chi connectivity index (χ0n) is 14.6. The molecule has 4 aromatic rings. The van der Waals surface area contributed by atoms with Crippen molar-refractivity contribution in [1.82, 2.24) is 9.88 Å². The highest BCUT2D eigenvalue weighted by atomic mass is 16.4. The number of pyridine rings is 1. The van der Waals surface area contributed by atoms with Crippen LogP contribution in [-0.4, -0.2) is 22.8 Å². The first-order chi connectivity index (χ1) is 13.0. The Labute approximate surface area is 153 Å². The van der Waals surface area contributed by atoms with Crippen molar-refractivity contribution in [2.75, 3.05) is 7.05 Å². The Morgan fingerprint density at radius 2 is 1.78 bits per heavy atom. The fraction of sp³-hybridized carbons (Fsp3) is 0.0952. The van der Waals surface area contributed by atoms with E-state index in [4.69, 9.17) is 4.42 Å². The zero-order valence-corrected chi connectivity index (χ0v) is 14.6. The van der Waals surface area contributed by atoms with Gasteiger partial charge in [-0.3, -0.25) is 9.59 Å². The van der Waals surface area contributed by atoms with Crippen molar-refractivity contribution in [3.05, 3.63) is 92.6 Å². The van der Waals surface area contributed by atoms with Crippen LogP contribution < -0.4 is 11.2 Å². The fourth-order valence-corrected chi connectivity index (χ4v) is 3.15. The Morgan fingerprint density at radius 3 is 2.63 bits per heavy atom. The zero-order chi connectivity index (χ0) is 19.0. The van der Waals surface area contributed by atoms with Crippen LogP contribution in [0.5, 0.6) is 0 Å². The number of amides is 1. The number of hydrogen-bond donors (Lipinski definition) is 1. The third kappa shape index (κ3) is 3.13. The molecule has 6 nitrogen and oxygen atoms in total. The minimum absolute atomic E-state index is 0.0367. The molecule has 4 rings (SSSR count). The standard InChI is InChI=1S/C21H16N2O4/c1-23(12-14-11-19(24)22-17-8-4-3-7-15(14)17)20(25)16-10-13-6-2-5-9-18(13)27-21(16)26/h2-11H,12H2,1H3,(H,22,24). The normalized spacial score (nSPS) is 11.0. The number of carbonyl (C=O) groups is 1. The molecular weight excluding hydrogens is 344 g/mol. The van der Waals surface area contributed by atoms with Crippen molar-refractivity contribution in [2.45, 2.75) is 6.54 Å². The summed E-state index contributed by atoms with van der Waals surface area (Å²) in [4.78, 5) is 41.1. The number of hydrogen-bond acceptors (Lipinski definition) is 4. The first-order valence-corrected chi connectivity index (χ1v) is 8.42. The van der Waals surface area contributed by atoms with Crippen molar-refractivity contribution >= 4 is 27.8 Å². The molecule has 2 aromatic carbocycles. The minimum atomic E-state index is -0.679. The summed E-state index contributed by atoms with van der Waals surface area (Å²) in [5.74, 6) is -0.459. The molecule has 27 heavy (non-hydrogen) atoms. The van der Waals surface area contributed by atoms with Gasteiger partial charge >= 0.3 is 5.63 Å². The van der Waals surface area contributed by atoms with Gasteiger partial charge in [0.2, 0.25) is 5.56 Å². The number of rotatable bonds is 3. The van der Waals surface area contributed by atoms with Gasteiger partial charge in [-0.25, -0.2) is 4.79 Å². The third-order valence-corrected chi connectivity index (χ3v) is 4.46. The van der Waals surface area contributed by atoms with Crippen LogP contribution in [0, 0.1) is 0 Å². The molecule has 2 aromatic heterocycles. The lowest BCUT2D eigenvalue weighted by molar-refractivity contribution is 0.0781.